The topological polar surface area (TPSA) is 46.5 Å². The normalized spacial score (nSPS) is 12.2. The number of esters is 1. The Morgan fingerprint density at radius 3 is 2.50 bits per heavy atom. The van der Waals surface area contributed by atoms with Gasteiger partial charge in [-0.05, 0) is 36.7 Å². The van der Waals surface area contributed by atoms with E-state index in [0.717, 1.165) is 12.8 Å². The molecule has 0 aromatic carbocycles. The summed E-state index contributed by atoms with van der Waals surface area (Å²) in [6.45, 7) is 7.00. The van der Waals surface area contributed by atoms with Crippen LogP contribution in [0.4, 0.5) is 0 Å². The van der Waals surface area contributed by atoms with E-state index >= 15 is 0 Å². The van der Waals surface area contributed by atoms with Crippen LogP contribution in [-0.4, -0.2) is 23.3 Å². The molecule has 0 saturated carbocycles. The van der Waals surface area contributed by atoms with Crippen molar-refractivity contribution in [2.75, 3.05) is 0 Å². The fourth-order valence-electron chi connectivity index (χ4n) is 1.56. The number of hydrogen-bond acceptors (Lipinski definition) is 3. The van der Waals surface area contributed by atoms with E-state index < -0.39 is 18.2 Å². The number of rotatable bonds is 8. The molecule has 0 aliphatic rings. The van der Waals surface area contributed by atoms with Gasteiger partial charge in [0, 0.05) is 6.92 Å². The van der Waals surface area contributed by atoms with E-state index in [1.807, 2.05) is 0 Å². The molecule has 0 radical (unpaired) electrons. The quantitative estimate of drug-likeness (QED) is 0.321. The number of carbonyl (C=O) groups is 1. The minimum absolute atomic E-state index is 0.413. The Morgan fingerprint density at radius 2 is 1.90 bits per heavy atom. The SMILES string of the molecule is C=C[C@@H](C#CC#C[C@@H](O)CCCCCCC)OC(C)=O. The number of unbranched alkanes of at least 4 members (excludes halogenated alkanes) is 4. The van der Waals surface area contributed by atoms with E-state index in [2.05, 4.69) is 37.2 Å². The minimum Gasteiger partial charge on any atom is -0.445 e. The van der Waals surface area contributed by atoms with Gasteiger partial charge < -0.3 is 9.84 Å². The molecule has 0 amide bonds. The number of hydrogen-bond donors (Lipinski definition) is 1. The molecule has 0 rings (SSSR count). The van der Waals surface area contributed by atoms with Gasteiger partial charge in [0.15, 0.2) is 6.10 Å². The highest BCUT2D eigenvalue weighted by molar-refractivity contribution is 5.66. The maximum Gasteiger partial charge on any atom is 0.304 e. The van der Waals surface area contributed by atoms with Crippen molar-refractivity contribution in [3.63, 3.8) is 0 Å². The van der Waals surface area contributed by atoms with Gasteiger partial charge in [0.1, 0.15) is 6.10 Å². The first kappa shape index (κ1) is 18.3. The molecular weight excluding hydrogens is 252 g/mol. The molecule has 0 bridgehead atoms. The summed E-state index contributed by atoms with van der Waals surface area (Å²) in [7, 11) is 0. The molecule has 0 fully saturated rings. The third kappa shape index (κ3) is 11.4. The summed E-state index contributed by atoms with van der Waals surface area (Å²) in [5.74, 6) is 10.0. The lowest BCUT2D eigenvalue weighted by atomic mass is 10.1. The van der Waals surface area contributed by atoms with Crippen molar-refractivity contribution in [2.45, 2.75) is 64.6 Å². The summed E-state index contributed by atoms with van der Waals surface area (Å²) >= 11 is 0. The molecule has 110 valence electrons. The number of carbonyl (C=O) groups excluding carboxylic acids is 1. The summed E-state index contributed by atoms with van der Waals surface area (Å²) in [4.78, 5) is 10.7. The van der Waals surface area contributed by atoms with Gasteiger partial charge in [0.2, 0.25) is 0 Å². The highest BCUT2D eigenvalue weighted by Crippen LogP contribution is 2.06. The zero-order valence-electron chi connectivity index (χ0n) is 12.4. The Labute approximate surface area is 122 Å². The van der Waals surface area contributed by atoms with Crippen molar-refractivity contribution in [2.24, 2.45) is 0 Å². The van der Waals surface area contributed by atoms with Crippen LogP contribution in [0.2, 0.25) is 0 Å². The Bertz CT molecular complexity index is 403. The lowest BCUT2D eigenvalue weighted by Crippen LogP contribution is -2.10. The van der Waals surface area contributed by atoms with Crippen LogP contribution in [-0.2, 0) is 9.53 Å². The average Bonchev–Trinajstić information content (AvgIpc) is 2.41. The molecule has 0 aromatic rings. The van der Waals surface area contributed by atoms with Gasteiger partial charge in [0.25, 0.3) is 0 Å². The van der Waals surface area contributed by atoms with Gasteiger partial charge >= 0.3 is 5.97 Å². The zero-order chi connectivity index (χ0) is 15.2. The van der Waals surface area contributed by atoms with Crippen molar-refractivity contribution in [1.29, 1.82) is 0 Å². The first-order valence-electron chi connectivity index (χ1n) is 7.09. The van der Waals surface area contributed by atoms with E-state index in [1.165, 1.54) is 32.3 Å². The molecule has 3 nitrogen and oxygen atoms in total. The van der Waals surface area contributed by atoms with Gasteiger partial charge in [-0.2, -0.15) is 0 Å². The lowest BCUT2D eigenvalue weighted by molar-refractivity contribution is -0.142. The van der Waals surface area contributed by atoms with Gasteiger partial charge in [0.05, 0.1) is 0 Å². The molecule has 1 N–H and O–H groups in total. The van der Waals surface area contributed by atoms with Crippen molar-refractivity contribution in [3.8, 4) is 23.7 Å². The van der Waals surface area contributed by atoms with Gasteiger partial charge in [-0.15, -0.1) is 0 Å². The number of aliphatic hydroxyl groups excluding tert-OH is 1. The minimum atomic E-state index is -0.645. The largest absolute Gasteiger partial charge is 0.445 e. The Hall–Kier alpha value is -1.71. The summed E-state index contributed by atoms with van der Waals surface area (Å²) in [6.07, 6.45) is 6.59. The predicted octanol–water partition coefficient (Wildman–Crippen LogP) is 2.83. The number of ether oxygens (including phenoxy) is 1. The van der Waals surface area contributed by atoms with Crippen molar-refractivity contribution in [1.82, 2.24) is 0 Å². The average molecular weight is 276 g/mol. The van der Waals surface area contributed by atoms with Crippen molar-refractivity contribution in [3.05, 3.63) is 12.7 Å². The third-order valence-corrected chi connectivity index (χ3v) is 2.60. The molecule has 0 aliphatic heterocycles. The van der Waals surface area contributed by atoms with E-state index in [9.17, 15) is 9.90 Å². The lowest BCUT2D eigenvalue weighted by Gasteiger charge is -2.03. The second-order valence-corrected chi connectivity index (χ2v) is 4.52. The maximum absolute atomic E-state index is 10.7. The van der Waals surface area contributed by atoms with Gasteiger partial charge in [-0.3, -0.25) is 4.79 Å². The third-order valence-electron chi connectivity index (χ3n) is 2.60. The molecule has 0 spiro atoms. The second kappa shape index (κ2) is 12.3. The van der Waals surface area contributed by atoms with E-state index in [-0.39, 0.29) is 0 Å². The fraction of sp³-hybridized carbons (Fsp3) is 0.588. The smallest absolute Gasteiger partial charge is 0.304 e. The predicted molar refractivity (Wildman–Crippen MR) is 80.7 cm³/mol. The van der Waals surface area contributed by atoms with E-state index in [4.69, 9.17) is 4.74 Å². The molecule has 0 aromatic heterocycles. The Morgan fingerprint density at radius 1 is 1.25 bits per heavy atom. The summed E-state index contributed by atoms with van der Waals surface area (Å²) in [6, 6.07) is 0. The van der Waals surface area contributed by atoms with Crippen LogP contribution >= 0.6 is 0 Å². The molecule has 2 atom stereocenters. The molecule has 0 saturated heterocycles. The molecule has 3 heteroatoms. The fourth-order valence-corrected chi connectivity index (χ4v) is 1.56. The van der Waals surface area contributed by atoms with Crippen LogP contribution < -0.4 is 0 Å². The Balaban J connectivity index is 4.00. The Kier molecular flexibility index (Phi) is 11.3. The van der Waals surface area contributed by atoms with Crippen LogP contribution in [0.25, 0.3) is 0 Å². The van der Waals surface area contributed by atoms with E-state index in [1.54, 1.807) is 0 Å². The molecule has 0 aliphatic carbocycles. The zero-order valence-corrected chi connectivity index (χ0v) is 12.4. The number of aliphatic hydroxyl groups is 1. The van der Waals surface area contributed by atoms with Crippen LogP contribution in [0.3, 0.4) is 0 Å². The summed E-state index contributed by atoms with van der Waals surface area (Å²) < 4.78 is 4.85. The first-order valence-corrected chi connectivity index (χ1v) is 7.09. The standard InChI is InChI=1S/C17H24O3/c1-4-6-7-8-9-12-16(19)13-10-11-14-17(5-2)20-15(3)18/h5,16-17,19H,2,4,6-9,12H2,1,3H3/t16-,17-/m0/s1. The van der Waals surface area contributed by atoms with Crippen LogP contribution in [0, 0.1) is 23.7 Å². The van der Waals surface area contributed by atoms with Crippen molar-refractivity contribution < 1.29 is 14.6 Å². The van der Waals surface area contributed by atoms with Gasteiger partial charge in [-0.25, -0.2) is 0 Å². The van der Waals surface area contributed by atoms with Crippen molar-refractivity contribution >= 4 is 5.97 Å². The second-order valence-electron chi connectivity index (χ2n) is 4.52. The highest BCUT2D eigenvalue weighted by atomic mass is 16.5. The highest BCUT2D eigenvalue weighted by Gasteiger charge is 2.01. The monoisotopic (exact) mass is 276 g/mol. The molecule has 0 unspecified atom stereocenters. The molecule has 0 heterocycles. The maximum atomic E-state index is 10.7. The van der Waals surface area contributed by atoms with Crippen LogP contribution in [0.15, 0.2) is 12.7 Å². The van der Waals surface area contributed by atoms with E-state index in [0.29, 0.717) is 6.42 Å². The van der Waals surface area contributed by atoms with Crippen LogP contribution in [0.5, 0.6) is 0 Å². The molecular formula is C17H24O3. The summed E-state index contributed by atoms with van der Waals surface area (Å²) in [5, 5.41) is 9.63. The molecule has 20 heavy (non-hydrogen) atoms. The van der Waals surface area contributed by atoms with Crippen LogP contribution in [0.1, 0.15) is 52.4 Å². The first-order chi connectivity index (χ1) is 9.60. The summed E-state index contributed by atoms with van der Waals surface area (Å²) in [5.41, 5.74) is 0. The van der Waals surface area contributed by atoms with Gasteiger partial charge in [-0.1, -0.05) is 45.1 Å².